The maximum absolute atomic E-state index is 13.0. The summed E-state index contributed by atoms with van der Waals surface area (Å²) in [4.78, 5) is 51.4. The average molecular weight is 549 g/mol. The molecule has 1 aliphatic heterocycles. The van der Waals surface area contributed by atoms with Crippen molar-refractivity contribution in [1.82, 2.24) is 25.2 Å². The summed E-state index contributed by atoms with van der Waals surface area (Å²) in [5.41, 5.74) is 3.89. The summed E-state index contributed by atoms with van der Waals surface area (Å²) in [6.45, 7) is 1.98. The van der Waals surface area contributed by atoms with Crippen LogP contribution in [0.15, 0.2) is 94.2 Å². The molecule has 0 saturated heterocycles. The number of allylic oxidation sites excluding steroid dienone is 4. The standard InChI is InChI=1S/C27H22Cl2N6O3/c1-15-4-7-18(13-21(15)34-27-31-12-10-20(33-27)17-3-2-11-30-14-17)32-24(36)16-5-8-19(9-6-16)35-25(37)22(28)23(29)26(35)38/h2-5,7-12,14,16,18H,6,13H2,1H3,(H,32,36)(H,31,33,34). The molecule has 38 heavy (non-hydrogen) atoms. The molecule has 0 bridgehead atoms. The fraction of sp³-hybridized carbons (Fsp3) is 0.185. The van der Waals surface area contributed by atoms with Gasteiger partial charge in [-0.25, -0.2) is 14.9 Å². The zero-order valence-electron chi connectivity index (χ0n) is 20.2. The molecule has 11 heteroatoms. The third-order valence-electron chi connectivity index (χ3n) is 6.33. The van der Waals surface area contributed by atoms with Gasteiger partial charge in [-0.3, -0.25) is 19.4 Å². The first-order valence-corrected chi connectivity index (χ1v) is 12.6. The minimum atomic E-state index is -0.676. The van der Waals surface area contributed by atoms with Crippen LogP contribution in [0.4, 0.5) is 5.95 Å². The van der Waals surface area contributed by atoms with Gasteiger partial charge in [-0.15, -0.1) is 0 Å². The monoisotopic (exact) mass is 548 g/mol. The number of amides is 3. The minimum absolute atomic E-state index is 0.173. The molecule has 3 aliphatic rings. The van der Waals surface area contributed by atoms with Crippen molar-refractivity contribution < 1.29 is 14.4 Å². The molecule has 0 fully saturated rings. The lowest BCUT2D eigenvalue weighted by atomic mass is 9.95. The second-order valence-corrected chi connectivity index (χ2v) is 9.63. The number of hydrogen-bond acceptors (Lipinski definition) is 7. The molecule has 0 aromatic carbocycles. The van der Waals surface area contributed by atoms with Crippen molar-refractivity contribution in [3.63, 3.8) is 0 Å². The lowest BCUT2D eigenvalue weighted by Crippen LogP contribution is -2.39. The Balaban J connectivity index is 1.19. The highest BCUT2D eigenvalue weighted by Gasteiger charge is 2.39. The molecule has 2 aromatic heterocycles. The Morgan fingerprint density at radius 3 is 2.55 bits per heavy atom. The van der Waals surface area contributed by atoms with E-state index in [4.69, 9.17) is 23.2 Å². The second-order valence-electron chi connectivity index (χ2n) is 8.88. The van der Waals surface area contributed by atoms with Crippen LogP contribution >= 0.6 is 23.2 Å². The Bertz CT molecular complexity index is 1450. The van der Waals surface area contributed by atoms with Gasteiger partial charge in [-0.05, 0) is 43.2 Å². The van der Waals surface area contributed by atoms with Gasteiger partial charge >= 0.3 is 0 Å². The highest BCUT2D eigenvalue weighted by atomic mass is 35.5. The molecule has 3 heterocycles. The van der Waals surface area contributed by atoms with Crippen LogP contribution < -0.4 is 10.6 Å². The number of pyridine rings is 1. The number of imide groups is 1. The largest absolute Gasteiger partial charge is 0.349 e. The number of aromatic nitrogens is 3. The fourth-order valence-electron chi connectivity index (χ4n) is 4.26. The van der Waals surface area contributed by atoms with Crippen LogP contribution in [0.5, 0.6) is 0 Å². The fourth-order valence-corrected chi connectivity index (χ4v) is 4.59. The van der Waals surface area contributed by atoms with Crippen molar-refractivity contribution in [2.24, 2.45) is 5.92 Å². The van der Waals surface area contributed by atoms with Crippen LogP contribution in [0.2, 0.25) is 0 Å². The first-order valence-electron chi connectivity index (χ1n) is 11.8. The van der Waals surface area contributed by atoms with Crippen LogP contribution in [-0.4, -0.2) is 43.6 Å². The Morgan fingerprint density at radius 2 is 1.87 bits per heavy atom. The molecule has 192 valence electrons. The number of carbonyl (C=O) groups is 3. The summed E-state index contributed by atoms with van der Waals surface area (Å²) in [6.07, 6.45) is 14.7. The maximum atomic E-state index is 13.0. The summed E-state index contributed by atoms with van der Waals surface area (Å²) < 4.78 is 0. The van der Waals surface area contributed by atoms with Gasteiger partial charge in [0.15, 0.2) is 0 Å². The van der Waals surface area contributed by atoms with Crippen LogP contribution in [0, 0.1) is 5.92 Å². The van der Waals surface area contributed by atoms with Gasteiger partial charge in [0.05, 0.1) is 17.7 Å². The van der Waals surface area contributed by atoms with E-state index in [2.05, 4.69) is 25.6 Å². The predicted octanol–water partition coefficient (Wildman–Crippen LogP) is 4.19. The van der Waals surface area contributed by atoms with Crippen LogP contribution in [0.3, 0.4) is 0 Å². The Kier molecular flexibility index (Phi) is 7.22. The number of nitrogens with zero attached hydrogens (tertiary/aromatic N) is 4. The summed E-state index contributed by atoms with van der Waals surface area (Å²) in [7, 11) is 0. The van der Waals surface area contributed by atoms with Crippen molar-refractivity contribution >= 4 is 46.9 Å². The molecular weight excluding hydrogens is 527 g/mol. The number of halogens is 2. The van der Waals surface area contributed by atoms with Crippen molar-refractivity contribution in [3.05, 3.63) is 94.2 Å². The van der Waals surface area contributed by atoms with E-state index in [0.29, 0.717) is 24.5 Å². The van der Waals surface area contributed by atoms with Crippen molar-refractivity contribution in [3.8, 4) is 11.3 Å². The maximum Gasteiger partial charge on any atom is 0.278 e. The molecule has 3 amide bonds. The van der Waals surface area contributed by atoms with E-state index in [9.17, 15) is 14.4 Å². The molecule has 0 radical (unpaired) electrons. The molecule has 5 rings (SSSR count). The van der Waals surface area contributed by atoms with Crippen molar-refractivity contribution in [2.45, 2.75) is 25.8 Å². The molecule has 2 atom stereocenters. The van der Waals surface area contributed by atoms with E-state index in [1.807, 2.05) is 37.3 Å². The third kappa shape index (κ3) is 5.16. The summed E-state index contributed by atoms with van der Waals surface area (Å²) in [6, 6.07) is 5.36. The third-order valence-corrected chi connectivity index (χ3v) is 7.13. The van der Waals surface area contributed by atoms with E-state index < -0.39 is 17.7 Å². The molecular formula is C27H22Cl2N6O3. The zero-order valence-corrected chi connectivity index (χ0v) is 21.7. The molecule has 2 aromatic rings. The predicted molar refractivity (Wildman–Crippen MR) is 143 cm³/mol. The van der Waals surface area contributed by atoms with Crippen molar-refractivity contribution in [2.75, 3.05) is 5.32 Å². The topological polar surface area (TPSA) is 117 Å². The molecule has 0 spiro atoms. The first kappa shape index (κ1) is 25.6. The average Bonchev–Trinajstić information content (AvgIpc) is 3.13. The van der Waals surface area contributed by atoms with E-state index >= 15 is 0 Å². The van der Waals surface area contributed by atoms with E-state index in [-0.39, 0.29) is 22.0 Å². The van der Waals surface area contributed by atoms with E-state index in [1.54, 1.807) is 36.8 Å². The SMILES string of the molecule is CC1=C(Nc2nccc(-c3cccnc3)n2)CC(NC(=O)C2C=CC(N3C(=O)C(Cl)=C(Cl)C3=O)=CC2)C=C1. The van der Waals surface area contributed by atoms with Gasteiger partial charge in [0.1, 0.15) is 10.1 Å². The molecule has 9 nitrogen and oxygen atoms in total. The highest BCUT2D eigenvalue weighted by Crippen LogP contribution is 2.32. The second kappa shape index (κ2) is 10.7. The lowest BCUT2D eigenvalue weighted by molar-refractivity contribution is -0.134. The minimum Gasteiger partial charge on any atom is -0.349 e. The number of hydrogen-bond donors (Lipinski definition) is 2. The first-order chi connectivity index (χ1) is 18.3. The Hall–Kier alpha value is -4.08. The summed E-state index contributed by atoms with van der Waals surface area (Å²) in [5, 5.41) is 5.73. The van der Waals surface area contributed by atoms with Gasteiger partial charge in [0.25, 0.3) is 11.8 Å². The van der Waals surface area contributed by atoms with Gasteiger partial charge < -0.3 is 10.6 Å². The lowest BCUT2D eigenvalue weighted by Gasteiger charge is -2.25. The van der Waals surface area contributed by atoms with E-state index in [1.165, 1.54) is 0 Å². The van der Waals surface area contributed by atoms with Gasteiger partial charge in [0, 0.05) is 42.0 Å². The highest BCUT2D eigenvalue weighted by molar-refractivity contribution is 6.58. The quantitative estimate of drug-likeness (QED) is 0.519. The molecule has 0 saturated carbocycles. The van der Waals surface area contributed by atoms with Gasteiger partial charge in [-0.1, -0.05) is 47.5 Å². The normalized spacial score (nSPS) is 21.2. The van der Waals surface area contributed by atoms with Crippen LogP contribution in [-0.2, 0) is 14.4 Å². The Labute approximate surface area is 228 Å². The van der Waals surface area contributed by atoms with Crippen LogP contribution in [0.25, 0.3) is 11.3 Å². The summed E-state index contributed by atoms with van der Waals surface area (Å²) >= 11 is 11.6. The molecule has 2 unspecified atom stereocenters. The number of anilines is 1. The zero-order chi connectivity index (χ0) is 26.8. The molecule has 2 aliphatic carbocycles. The van der Waals surface area contributed by atoms with Gasteiger partial charge in [0.2, 0.25) is 11.9 Å². The van der Waals surface area contributed by atoms with E-state index in [0.717, 1.165) is 27.4 Å². The number of nitrogens with one attached hydrogen (secondary N) is 2. The molecule has 2 N–H and O–H groups in total. The van der Waals surface area contributed by atoms with Crippen molar-refractivity contribution in [1.29, 1.82) is 0 Å². The number of rotatable bonds is 6. The summed E-state index contributed by atoms with van der Waals surface area (Å²) in [5.74, 6) is -1.53. The Morgan fingerprint density at radius 1 is 1.08 bits per heavy atom. The van der Waals surface area contributed by atoms with Gasteiger partial charge in [-0.2, -0.15) is 0 Å². The smallest absolute Gasteiger partial charge is 0.278 e. The van der Waals surface area contributed by atoms with Crippen LogP contribution in [0.1, 0.15) is 19.8 Å². The number of carbonyl (C=O) groups excluding carboxylic acids is 3.